The van der Waals surface area contributed by atoms with Crippen molar-refractivity contribution in [3.05, 3.63) is 64.7 Å². The molecule has 4 aromatic rings. The lowest BCUT2D eigenvalue weighted by Crippen LogP contribution is -2.23. The van der Waals surface area contributed by atoms with Crippen LogP contribution in [0.5, 0.6) is 0 Å². The molecule has 10 heteroatoms. The second-order valence-corrected chi connectivity index (χ2v) is 11.8. The van der Waals surface area contributed by atoms with Gasteiger partial charge in [-0.3, -0.25) is 4.79 Å². The Bertz CT molecular complexity index is 1540. The number of thiazole rings is 1. The van der Waals surface area contributed by atoms with Crippen molar-refractivity contribution in [2.75, 3.05) is 18.0 Å². The summed E-state index contributed by atoms with van der Waals surface area (Å²) in [7, 11) is 0. The summed E-state index contributed by atoms with van der Waals surface area (Å²) in [4.78, 5) is 17.8. The van der Waals surface area contributed by atoms with Crippen molar-refractivity contribution in [3.63, 3.8) is 0 Å². The minimum Gasteiger partial charge on any atom is -0.373 e. The lowest BCUT2D eigenvalue weighted by molar-refractivity contribution is 0.0402. The number of nitrogens with zero attached hydrogens (tertiary/aromatic N) is 3. The number of aromatic nitrogens is 2. The molecule has 3 atom stereocenters. The Morgan fingerprint density at radius 3 is 2.64 bits per heavy atom. The molecule has 1 unspecified atom stereocenters. The minimum atomic E-state index is -2.60. The molecule has 3 aliphatic rings. The zero-order chi connectivity index (χ0) is 26.7. The number of hydrogen-bond donors (Lipinski definition) is 0. The number of carbonyl (C=O) groups is 1. The van der Waals surface area contributed by atoms with Crippen LogP contribution in [0.2, 0.25) is 0 Å². The molecule has 7 rings (SSSR count). The third-order valence-corrected chi connectivity index (χ3v) is 9.32. The highest BCUT2D eigenvalue weighted by Gasteiger charge is 2.43. The summed E-state index contributed by atoms with van der Waals surface area (Å²) < 4.78 is 54.6. The zero-order valence-corrected chi connectivity index (χ0v) is 21.8. The number of benzene rings is 2. The van der Waals surface area contributed by atoms with Crippen LogP contribution in [0.4, 0.5) is 18.3 Å². The average Bonchev–Trinajstić information content (AvgIpc) is 3.25. The van der Waals surface area contributed by atoms with E-state index in [-0.39, 0.29) is 24.2 Å². The highest BCUT2D eigenvalue weighted by Crippen LogP contribution is 2.47. The highest BCUT2D eigenvalue weighted by atomic mass is 32.1. The van der Waals surface area contributed by atoms with Crippen LogP contribution >= 0.6 is 11.3 Å². The summed E-state index contributed by atoms with van der Waals surface area (Å²) >= 11 is 1.41. The normalized spacial score (nSPS) is 22.8. The maximum Gasteiger partial charge on any atom is 0.264 e. The molecule has 2 aromatic heterocycles. The summed E-state index contributed by atoms with van der Waals surface area (Å²) in [6.45, 7) is 1.92. The van der Waals surface area contributed by atoms with Gasteiger partial charge in [-0.1, -0.05) is 40.8 Å². The zero-order valence-electron chi connectivity index (χ0n) is 21.0. The molecular weight excluding hydrogens is 527 g/mol. The van der Waals surface area contributed by atoms with Crippen LogP contribution < -0.4 is 4.90 Å². The van der Waals surface area contributed by atoms with Crippen LogP contribution in [0.3, 0.4) is 0 Å². The van der Waals surface area contributed by atoms with Gasteiger partial charge in [0.15, 0.2) is 10.9 Å². The van der Waals surface area contributed by atoms with E-state index in [1.807, 2.05) is 0 Å². The second-order valence-electron chi connectivity index (χ2n) is 10.8. The molecule has 202 valence electrons. The van der Waals surface area contributed by atoms with Crippen LogP contribution in [-0.4, -0.2) is 35.6 Å². The van der Waals surface area contributed by atoms with Crippen molar-refractivity contribution in [1.82, 2.24) is 10.1 Å². The molecule has 0 N–H and O–H groups in total. The van der Waals surface area contributed by atoms with Crippen LogP contribution in [0, 0.1) is 17.7 Å². The first-order valence-electron chi connectivity index (χ1n) is 13.3. The molecule has 1 aliphatic heterocycles. The molecule has 1 saturated heterocycles. The van der Waals surface area contributed by atoms with Gasteiger partial charge in [0.2, 0.25) is 0 Å². The fourth-order valence-corrected chi connectivity index (χ4v) is 7.23. The standard InChI is InChI=1S/C29H26F3N3O3S/c30-23-7-15(13-36)8-24-26(23)33-29(39-24)35-11-17-9-19(10-18(17)12-35)37-14-22-25(34-38-27(22)16-5-6-16)20-3-1-2-4-21(20)28(31)32/h1-4,7-8,13,16-19,28H,5-6,9-12,14H2/t17-,18+,19?. The SMILES string of the molecule is O=Cc1cc(F)c2nc(N3C[C@H]4CC(OCc5c(-c6ccccc6C(F)F)noc5C5CC5)C[C@H]4C3)sc2c1. The molecule has 2 aliphatic carbocycles. The van der Waals surface area contributed by atoms with Gasteiger partial charge < -0.3 is 14.2 Å². The fourth-order valence-electron chi connectivity index (χ4n) is 6.18. The Hall–Kier alpha value is -3.24. The Kier molecular flexibility index (Phi) is 6.19. The number of halogens is 3. The maximum absolute atomic E-state index is 14.4. The molecule has 0 spiro atoms. The topological polar surface area (TPSA) is 68.5 Å². The van der Waals surface area contributed by atoms with Gasteiger partial charge >= 0.3 is 0 Å². The number of rotatable bonds is 8. The van der Waals surface area contributed by atoms with Crippen LogP contribution in [-0.2, 0) is 11.3 Å². The third-order valence-electron chi connectivity index (χ3n) is 8.25. The lowest BCUT2D eigenvalue weighted by atomic mass is 10.00. The Morgan fingerprint density at radius 1 is 1.15 bits per heavy atom. The second kappa shape index (κ2) is 9.75. The van der Waals surface area contributed by atoms with Crippen molar-refractivity contribution in [1.29, 1.82) is 0 Å². The van der Waals surface area contributed by atoms with E-state index in [2.05, 4.69) is 15.0 Å². The summed E-state index contributed by atoms with van der Waals surface area (Å²) in [6, 6.07) is 9.35. The van der Waals surface area contributed by atoms with E-state index in [9.17, 15) is 18.0 Å². The van der Waals surface area contributed by atoms with E-state index < -0.39 is 12.2 Å². The number of alkyl halides is 2. The monoisotopic (exact) mass is 553 g/mol. The number of fused-ring (bicyclic) bond motifs is 2. The van der Waals surface area contributed by atoms with Crippen molar-refractivity contribution in [2.24, 2.45) is 11.8 Å². The molecular formula is C29H26F3N3O3S. The fraction of sp³-hybridized carbons (Fsp3) is 0.414. The first-order chi connectivity index (χ1) is 19.0. The molecule has 0 amide bonds. The largest absolute Gasteiger partial charge is 0.373 e. The molecule has 0 bridgehead atoms. The molecule has 39 heavy (non-hydrogen) atoms. The predicted molar refractivity (Wildman–Crippen MR) is 141 cm³/mol. The summed E-state index contributed by atoms with van der Waals surface area (Å²) in [5.41, 5.74) is 2.21. The van der Waals surface area contributed by atoms with Crippen LogP contribution in [0.1, 0.15) is 65.3 Å². The van der Waals surface area contributed by atoms with Gasteiger partial charge in [0.25, 0.3) is 6.43 Å². The summed E-state index contributed by atoms with van der Waals surface area (Å²) in [6.07, 6.45) is 1.90. The molecule has 6 nitrogen and oxygen atoms in total. The number of ether oxygens (including phenoxy) is 1. The van der Waals surface area contributed by atoms with Crippen molar-refractivity contribution in [2.45, 2.75) is 50.7 Å². The lowest BCUT2D eigenvalue weighted by Gasteiger charge is -2.19. The van der Waals surface area contributed by atoms with Gasteiger partial charge in [0.05, 0.1) is 17.4 Å². The summed E-state index contributed by atoms with van der Waals surface area (Å²) in [5, 5.41) is 5.00. The van der Waals surface area contributed by atoms with Gasteiger partial charge in [-0.15, -0.1) is 0 Å². The first kappa shape index (κ1) is 24.8. The van der Waals surface area contributed by atoms with Crippen LogP contribution in [0.25, 0.3) is 21.5 Å². The molecule has 0 radical (unpaired) electrons. The van der Waals surface area contributed by atoms with Crippen molar-refractivity contribution < 1.29 is 27.2 Å². The number of anilines is 1. The summed E-state index contributed by atoms with van der Waals surface area (Å²) in [5.74, 6) is 1.43. The Balaban J connectivity index is 1.04. The smallest absolute Gasteiger partial charge is 0.264 e. The quantitative estimate of drug-likeness (QED) is 0.216. The Morgan fingerprint density at radius 2 is 1.92 bits per heavy atom. The number of carbonyl (C=O) groups excluding carboxylic acids is 1. The molecule has 3 heterocycles. The van der Waals surface area contributed by atoms with E-state index in [0.717, 1.165) is 55.2 Å². The van der Waals surface area contributed by atoms with Gasteiger partial charge in [0.1, 0.15) is 23.3 Å². The Labute approximate surface area is 226 Å². The first-order valence-corrected chi connectivity index (χ1v) is 14.1. The maximum atomic E-state index is 14.4. The van der Waals surface area contributed by atoms with Crippen molar-refractivity contribution >= 4 is 33.0 Å². The van der Waals surface area contributed by atoms with E-state index in [1.165, 1.54) is 23.5 Å². The van der Waals surface area contributed by atoms with Crippen LogP contribution in [0.15, 0.2) is 40.9 Å². The average molecular weight is 554 g/mol. The van der Waals surface area contributed by atoms with E-state index in [4.69, 9.17) is 9.26 Å². The van der Waals surface area contributed by atoms with Gasteiger partial charge in [-0.05, 0) is 49.7 Å². The molecule has 2 saturated carbocycles. The van der Waals surface area contributed by atoms with E-state index >= 15 is 0 Å². The number of aldehydes is 1. The van der Waals surface area contributed by atoms with Gasteiger partial charge in [-0.2, -0.15) is 0 Å². The predicted octanol–water partition coefficient (Wildman–Crippen LogP) is 7.15. The molecule has 3 fully saturated rings. The van der Waals surface area contributed by atoms with Gasteiger partial charge in [-0.25, -0.2) is 18.2 Å². The minimum absolute atomic E-state index is 0.0537. The number of hydrogen-bond acceptors (Lipinski definition) is 7. The van der Waals surface area contributed by atoms with Gasteiger partial charge in [0, 0.05) is 41.3 Å². The molecule has 2 aromatic carbocycles. The van der Waals surface area contributed by atoms with E-state index in [0.29, 0.717) is 45.2 Å². The van der Waals surface area contributed by atoms with Crippen molar-refractivity contribution in [3.8, 4) is 11.3 Å². The highest BCUT2D eigenvalue weighted by molar-refractivity contribution is 7.22. The van der Waals surface area contributed by atoms with E-state index in [1.54, 1.807) is 24.3 Å². The third kappa shape index (κ3) is 4.53.